The molecule has 0 saturated carbocycles. The summed E-state index contributed by atoms with van der Waals surface area (Å²) in [6.07, 6.45) is -3.27. The number of hydrogen-bond donors (Lipinski definition) is 1. The normalized spacial score (nSPS) is 13.8. The monoisotopic (exact) mass is 236 g/mol. The minimum atomic E-state index is -4.55. The van der Waals surface area contributed by atoms with Crippen LogP contribution in [0.25, 0.3) is 0 Å². The maximum atomic E-state index is 12.4. The van der Waals surface area contributed by atoms with Crippen LogP contribution in [0.3, 0.4) is 0 Å². The van der Waals surface area contributed by atoms with E-state index in [9.17, 15) is 18.0 Å². The Bertz CT molecular complexity index is 398. The quantitative estimate of drug-likeness (QED) is 0.875. The molecule has 0 spiro atoms. The van der Waals surface area contributed by atoms with Gasteiger partial charge in [0.25, 0.3) is 0 Å². The van der Waals surface area contributed by atoms with Crippen molar-refractivity contribution in [3.05, 3.63) is 17.5 Å². The lowest BCUT2D eigenvalue weighted by Gasteiger charge is -2.09. The van der Waals surface area contributed by atoms with Gasteiger partial charge in [-0.2, -0.15) is 18.3 Å². The number of carboxylic acid groups (broad SMARTS) is 1. The van der Waals surface area contributed by atoms with E-state index in [0.717, 1.165) is 10.9 Å². The first-order valence-corrected chi connectivity index (χ1v) is 4.63. The molecule has 4 nitrogen and oxygen atoms in total. The Morgan fingerprint density at radius 3 is 2.50 bits per heavy atom. The maximum absolute atomic E-state index is 12.4. The number of aliphatic carboxylic acids is 1. The number of aryl methyl sites for hydroxylation is 1. The second kappa shape index (κ2) is 4.15. The van der Waals surface area contributed by atoms with Gasteiger partial charge in [-0.15, -0.1) is 0 Å². The zero-order valence-corrected chi connectivity index (χ0v) is 8.75. The van der Waals surface area contributed by atoms with E-state index < -0.39 is 23.9 Å². The van der Waals surface area contributed by atoms with Crippen LogP contribution in [-0.2, 0) is 11.0 Å². The molecule has 1 N–H and O–H groups in total. The number of hydrogen-bond acceptors (Lipinski definition) is 2. The summed E-state index contributed by atoms with van der Waals surface area (Å²) in [5, 5.41) is 12.1. The van der Waals surface area contributed by atoms with E-state index in [4.69, 9.17) is 5.11 Å². The number of nitrogens with zero attached hydrogens (tertiary/aromatic N) is 2. The van der Waals surface area contributed by atoms with Gasteiger partial charge in [0.2, 0.25) is 0 Å². The molecule has 0 aromatic carbocycles. The highest BCUT2D eigenvalue weighted by molar-refractivity contribution is 5.71. The van der Waals surface area contributed by atoms with Crippen molar-refractivity contribution in [3.8, 4) is 0 Å². The molecule has 1 heterocycles. The van der Waals surface area contributed by atoms with Crippen LogP contribution in [0.15, 0.2) is 6.20 Å². The predicted octanol–water partition coefficient (Wildman–Crippen LogP) is 2.25. The second-order valence-corrected chi connectivity index (χ2v) is 3.40. The Labute approximate surface area is 89.7 Å². The molecule has 7 heteroatoms. The van der Waals surface area contributed by atoms with Gasteiger partial charge < -0.3 is 5.11 Å². The number of alkyl halides is 3. The molecule has 0 aliphatic carbocycles. The van der Waals surface area contributed by atoms with E-state index in [0.29, 0.717) is 0 Å². The van der Waals surface area contributed by atoms with E-state index in [-0.39, 0.29) is 12.0 Å². The highest BCUT2D eigenvalue weighted by Crippen LogP contribution is 2.31. The topological polar surface area (TPSA) is 55.1 Å². The minimum absolute atomic E-state index is 0.0767. The summed E-state index contributed by atoms with van der Waals surface area (Å²) in [6, 6.07) is -1.06. The van der Waals surface area contributed by atoms with E-state index >= 15 is 0 Å². The number of halogens is 3. The Kier molecular flexibility index (Phi) is 3.25. The molecule has 0 aliphatic heterocycles. The van der Waals surface area contributed by atoms with Gasteiger partial charge in [-0.1, -0.05) is 6.92 Å². The highest BCUT2D eigenvalue weighted by Gasteiger charge is 2.36. The summed E-state index contributed by atoms with van der Waals surface area (Å²) in [4.78, 5) is 10.8. The highest BCUT2D eigenvalue weighted by atomic mass is 19.4. The number of aromatic nitrogens is 2. The van der Waals surface area contributed by atoms with Crippen LogP contribution in [0, 0.1) is 6.92 Å². The fourth-order valence-corrected chi connectivity index (χ4v) is 1.40. The lowest BCUT2D eigenvalue weighted by Crippen LogP contribution is -2.19. The summed E-state index contributed by atoms with van der Waals surface area (Å²) >= 11 is 0. The minimum Gasteiger partial charge on any atom is -0.480 e. The fourth-order valence-electron chi connectivity index (χ4n) is 1.40. The molecular formula is C9H11F3N2O2. The van der Waals surface area contributed by atoms with Crippen LogP contribution in [0.1, 0.15) is 30.6 Å². The average molecular weight is 236 g/mol. The fraction of sp³-hybridized carbons (Fsp3) is 0.556. The summed E-state index contributed by atoms with van der Waals surface area (Å²) in [5.41, 5.74) is -1.11. The van der Waals surface area contributed by atoms with Gasteiger partial charge in [-0.3, -0.25) is 4.68 Å². The van der Waals surface area contributed by atoms with Crippen LogP contribution in [0.2, 0.25) is 0 Å². The van der Waals surface area contributed by atoms with Gasteiger partial charge in [-0.05, 0) is 18.9 Å². The molecule has 16 heavy (non-hydrogen) atoms. The van der Waals surface area contributed by atoms with Crippen molar-refractivity contribution in [2.45, 2.75) is 32.5 Å². The third kappa shape index (κ3) is 2.34. The van der Waals surface area contributed by atoms with Gasteiger partial charge in [-0.25, -0.2) is 4.79 Å². The van der Waals surface area contributed by atoms with E-state index in [1.54, 1.807) is 6.92 Å². The van der Waals surface area contributed by atoms with E-state index in [1.807, 2.05) is 0 Å². The second-order valence-electron chi connectivity index (χ2n) is 3.40. The standard InChI is InChI=1S/C9H11F3N2O2/c1-3-6(8(15)16)14-4-5(2)7(13-14)9(10,11)12/h4,6H,3H2,1-2H3,(H,15,16)/t6-/m1/s1. The number of carboxylic acids is 1. The Balaban J connectivity index is 3.14. The van der Waals surface area contributed by atoms with Crippen molar-refractivity contribution in [3.63, 3.8) is 0 Å². The summed E-state index contributed by atoms with van der Waals surface area (Å²) in [6.45, 7) is 2.82. The first kappa shape index (κ1) is 12.5. The molecular weight excluding hydrogens is 225 g/mol. The molecule has 1 rings (SSSR count). The van der Waals surface area contributed by atoms with E-state index in [1.165, 1.54) is 6.92 Å². The summed E-state index contributed by atoms with van der Waals surface area (Å²) in [5.74, 6) is -1.20. The van der Waals surface area contributed by atoms with Gasteiger partial charge in [0.1, 0.15) is 6.04 Å². The lowest BCUT2D eigenvalue weighted by molar-refractivity contribution is -0.145. The third-order valence-corrected chi connectivity index (χ3v) is 2.17. The first-order valence-electron chi connectivity index (χ1n) is 4.63. The van der Waals surface area contributed by atoms with Crippen molar-refractivity contribution in [1.29, 1.82) is 0 Å². The van der Waals surface area contributed by atoms with Gasteiger partial charge >= 0.3 is 12.1 Å². The molecule has 1 aromatic rings. The molecule has 1 atom stereocenters. The van der Waals surface area contributed by atoms with Crippen molar-refractivity contribution < 1.29 is 23.1 Å². The molecule has 0 aliphatic rings. The third-order valence-electron chi connectivity index (χ3n) is 2.17. The Morgan fingerprint density at radius 2 is 2.19 bits per heavy atom. The van der Waals surface area contributed by atoms with Crippen LogP contribution in [0.4, 0.5) is 13.2 Å². The molecule has 1 aromatic heterocycles. The van der Waals surface area contributed by atoms with Crippen molar-refractivity contribution >= 4 is 5.97 Å². The molecule has 0 radical (unpaired) electrons. The molecule has 0 fully saturated rings. The molecule has 90 valence electrons. The van der Waals surface area contributed by atoms with Gasteiger partial charge in [0.15, 0.2) is 5.69 Å². The van der Waals surface area contributed by atoms with Gasteiger partial charge in [0.05, 0.1) is 0 Å². The van der Waals surface area contributed by atoms with Crippen LogP contribution < -0.4 is 0 Å². The summed E-state index contributed by atoms with van der Waals surface area (Å²) < 4.78 is 38.1. The largest absolute Gasteiger partial charge is 0.480 e. The van der Waals surface area contributed by atoms with Crippen LogP contribution in [-0.4, -0.2) is 20.9 Å². The summed E-state index contributed by atoms with van der Waals surface area (Å²) in [7, 11) is 0. The Morgan fingerprint density at radius 1 is 1.62 bits per heavy atom. The lowest BCUT2D eigenvalue weighted by atomic mass is 10.2. The van der Waals surface area contributed by atoms with Crippen molar-refractivity contribution in [2.75, 3.05) is 0 Å². The zero-order chi connectivity index (χ0) is 12.5. The number of carbonyl (C=O) groups is 1. The molecule has 0 amide bonds. The van der Waals surface area contributed by atoms with Crippen molar-refractivity contribution in [1.82, 2.24) is 9.78 Å². The molecule has 0 saturated heterocycles. The maximum Gasteiger partial charge on any atom is 0.435 e. The smallest absolute Gasteiger partial charge is 0.435 e. The van der Waals surface area contributed by atoms with E-state index in [2.05, 4.69) is 5.10 Å². The number of rotatable bonds is 3. The first-order chi connectivity index (χ1) is 7.27. The molecule has 0 bridgehead atoms. The van der Waals surface area contributed by atoms with Crippen molar-refractivity contribution in [2.24, 2.45) is 0 Å². The average Bonchev–Trinajstić information content (AvgIpc) is 2.47. The van der Waals surface area contributed by atoms with Crippen LogP contribution in [0.5, 0.6) is 0 Å². The predicted molar refractivity (Wildman–Crippen MR) is 48.9 cm³/mol. The zero-order valence-electron chi connectivity index (χ0n) is 8.75. The van der Waals surface area contributed by atoms with Gasteiger partial charge in [0, 0.05) is 6.20 Å². The Hall–Kier alpha value is -1.53. The van der Waals surface area contributed by atoms with Crippen LogP contribution >= 0.6 is 0 Å². The molecule has 0 unspecified atom stereocenters. The SMILES string of the molecule is CC[C@H](C(=O)O)n1cc(C)c(C(F)(F)F)n1.